The Labute approximate surface area is 79.5 Å². The Hall–Kier alpha value is -1.18. The minimum atomic E-state index is 0.559. The average Bonchev–Trinajstić information content (AvgIpc) is 2.15. The van der Waals surface area contributed by atoms with E-state index in [9.17, 15) is 0 Å². The fourth-order valence-electron chi connectivity index (χ4n) is 1.21. The van der Waals surface area contributed by atoms with Crippen molar-refractivity contribution in [3.8, 4) is 0 Å². The van der Waals surface area contributed by atoms with Crippen LogP contribution in [0.3, 0.4) is 0 Å². The first-order chi connectivity index (χ1) is 6.34. The lowest BCUT2D eigenvalue weighted by Gasteiger charge is -2.15. The third kappa shape index (κ3) is 3.36. The highest BCUT2D eigenvalue weighted by Crippen LogP contribution is 2.19. The van der Waals surface area contributed by atoms with Gasteiger partial charge in [0.2, 0.25) is 0 Å². The van der Waals surface area contributed by atoms with Gasteiger partial charge in [-0.25, -0.2) is 0 Å². The van der Waals surface area contributed by atoms with Crippen LogP contribution < -0.4 is 0 Å². The molecule has 0 bridgehead atoms. The second-order valence-corrected chi connectivity index (χ2v) is 2.96. The topological polar surface area (TPSA) is 18.5 Å². The molecule has 1 rings (SSSR count). The van der Waals surface area contributed by atoms with Crippen molar-refractivity contribution in [3.63, 3.8) is 0 Å². The minimum Gasteiger partial charge on any atom is -0.498 e. The zero-order chi connectivity index (χ0) is 9.52. The highest BCUT2D eigenvalue weighted by atomic mass is 16.5. The zero-order valence-electron chi connectivity index (χ0n) is 8.08. The third-order valence-electron chi connectivity index (χ3n) is 1.94. The lowest BCUT2D eigenvalue weighted by atomic mass is 10.1. The highest BCUT2D eigenvalue weighted by molar-refractivity contribution is 5.21. The number of hydrogen-bond donors (Lipinski definition) is 0. The molecule has 2 heteroatoms. The molecule has 0 saturated carbocycles. The predicted molar refractivity (Wildman–Crippen MR) is 53.2 cm³/mol. The van der Waals surface area contributed by atoms with Crippen LogP contribution in [0.1, 0.15) is 19.8 Å². The molecule has 13 heavy (non-hydrogen) atoms. The number of rotatable bonds is 4. The Morgan fingerprint density at radius 1 is 1.62 bits per heavy atom. The molecule has 0 unspecified atom stereocenters. The smallest absolute Gasteiger partial charge is 0.105 e. The quantitative estimate of drug-likeness (QED) is 0.376. The SMILES string of the molecule is C=CCO/C=C/C1=C(C)OCCC1. The predicted octanol–water partition coefficient (Wildman–Crippen LogP) is 2.79. The van der Waals surface area contributed by atoms with Crippen LogP contribution in [-0.4, -0.2) is 13.2 Å². The summed E-state index contributed by atoms with van der Waals surface area (Å²) >= 11 is 0. The van der Waals surface area contributed by atoms with E-state index in [1.165, 1.54) is 5.57 Å². The van der Waals surface area contributed by atoms with Crippen molar-refractivity contribution in [2.24, 2.45) is 0 Å². The highest BCUT2D eigenvalue weighted by Gasteiger charge is 2.06. The summed E-state index contributed by atoms with van der Waals surface area (Å²) < 4.78 is 10.5. The van der Waals surface area contributed by atoms with Crippen LogP contribution in [-0.2, 0) is 9.47 Å². The van der Waals surface area contributed by atoms with E-state index in [1.807, 2.05) is 13.0 Å². The van der Waals surface area contributed by atoms with E-state index in [-0.39, 0.29) is 0 Å². The molecule has 0 aromatic heterocycles. The summed E-state index contributed by atoms with van der Waals surface area (Å²) in [5, 5.41) is 0. The molecule has 1 heterocycles. The molecule has 0 fully saturated rings. The Morgan fingerprint density at radius 2 is 2.46 bits per heavy atom. The number of hydrogen-bond acceptors (Lipinski definition) is 2. The van der Waals surface area contributed by atoms with Gasteiger partial charge < -0.3 is 9.47 Å². The van der Waals surface area contributed by atoms with Gasteiger partial charge in [-0.2, -0.15) is 0 Å². The van der Waals surface area contributed by atoms with Gasteiger partial charge >= 0.3 is 0 Å². The molecular formula is C11H16O2. The van der Waals surface area contributed by atoms with E-state index >= 15 is 0 Å². The standard InChI is InChI=1S/C11H16O2/c1-3-7-12-9-6-11-5-4-8-13-10(11)2/h3,6,9H,1,4-5,7-8H2,2H3/b9-6+. The molecule has 0 amide bonds. The Balaban J connectivity index is 2.41. The normalized spacial score (nSPS) is 17.3. The van der Waals surface area contributed by atoms with Gasteiger partial charge in [-0.15, -0.1) is 0 Å². The molecular weight excluding hydrogens is 164 g/mol. The summed E-state index contributed by atoms with van der Waals surface area (Å²) in [5.74, 6) is 1.02. The second-order valence-electron chi connectivity index (χ2n) is 2.96. The van der Waals surface area contributed by atoms with Crippen LogP contribution in [0.2, 0.25) is 0 Å². The van der Waals surface area contributed by atoms with Gasteiger partial charge in [-0.3, -0.25) is 0 Å². The van der Waals surface area contributed by atoms with E-state index in [0.717, 1.165) is 25.2 Å². The fraction of sp³-hybridized carbons (Fsp3) is 0.455. The van der Waals surface area contributed by atoms with Gasteiger partial charge in [-0.1, -0.05) is 12.7 Å². The molecule has 0 aliphatic carbocycles. The van der Waals surface area contributed by atoms with Crippen molar-refractivity contribution in [3.05, 3.63) is 36.3 Å². The monoisotopic (exact) mass is 180 g/mol. The van der Waals surface area contributed by atoms with Crippen molar-refractivity contribution in [1.29, 1.82) is 0 Å². The van der Waals surface area contributed by atoms with Gasteiger partial charge in [0.15, 0.2) is 0 Å². The molecule has 0 saturated heterocycles. The van der Waals surface area contributed by atoms with Crippen LogP contribution in [0.5, 0.6) is 0 Å². The maximum atomic E-state index is 5.40. The number of allylic oxidation sites excluding steroid dienone is 3. The summed E-state index contributed by atoms with van der Waals surface area (Å²) in [6, 6.07) is 0. The summed E-state index contributed by atoms with van der Waals surface area (Å²) in [5.41, 5.74) is 1.23. The Morgan fingerprint density at radius 3 is 3.15 bits per heavy atom. The molecule has 0 radical (unpaired) electrons. The lowest BCUT2D eigenvalue weighted by Crippen LogP contribution is -2.03. The molecule has 2 nitrogen and oxygen atoms in total. The Kier molecular flexibility index (Phi) is 4.16. The van der Waals surface area contributed by atoms with E-state index in [1.54, 1.807) is 12.3 Å². The molecule has 1 aliphatic rings. The molecule has 1 aliphatic heterocycles. The largest absolute Gasteiger partial charge is 0.498 e. The van der Waals surface area contributed by atoms with Crippen LogP contribution >= 0.6 is 0 Å². The second kappa shape index (κ2) is 5.46. The lowest BCUT2D eigenvalue weighted by molar-refractivity contribution is 0.191. The van der Waals surface area contributed by atoms with Gasteiger partial charge in [-0.05, 0) is 31.4 Å². The van der Waals surface area contributed by atoms with E-state index in [2.05, 4.69) is 6.58 Å². The van der Waals surface area contributed by atoms with Crippen LogP contribution in [0.15, 0.2) is 36.3 Å². The van der Waals surface area contributed by atoms with Crippen molar-refractivity contribution in [2.75, 3.05) is 13.2 Å². The molecule has 0 spiro atoms. The molecule has 0 aromatic rings. The van der Waals surface area contributed by atoms with Crippen LogP contribution in [0.25, 0.3) is 0 Å². The van der Waals surface area contributed by atoms with Gasteiger partial charge in [0.1, 0.15) is 6.61 Å². The van der Waals surface area contributed by atoms with Crippen molar-refractivity contribution in [1.82, 2.24) is 0 Å². The van der Waals surface area contributed by atoms with E-state index in [0.29, 0.717) is 6.61 Å². The average molecular weight is 180 g/mol. The molecule has 0 N–H and O–H groups in total. The van der Waals surface area contributed by atoms with Gasteiger partial charge in [0.05, 0.1) is 18.6 Å². The van der Waals surface area contributed by atoms with E-state index < -0.39 is 0 Å². The fourth-order valence-corrected chi connectivity index (χ4v) is 1.21. The number of ether oxygens (including phenoxy) is 2. The van der Waals surface area contributed by atoms with Crippen molar-refractivity contribution < 1.29 is 9.47 Å². The van der Waals surface area contributed by atoms with Crippen LogP contribution in [0, 0.1) is 0 Å². The van der Waals surface area contributed by atoms with Gasteiger partial charge in [0, 0.05) is 0 Å². The van der Waals surface area contributed by atoms with Crippen molar-refractivity contribution >= 4 is 0 Å². The molecule has 72 valence electrons. The summed E-state index contributed by atoms with van der Waals surface area (Å²) in [7, 11) is 0. The first-order valence-corrected chi connectivity index (χ1v) is 4.56. The van der Waals surface area contributed by atoms with Crippen LogP contribution in [0.4, 0.5) is 0 Å². The van der Waals surface area contributed by atoms with Gasteiger partial charge in [0.25, 0.3) is 0 Å². The molecule has 0 aromatic carbocycles. The first-order valence-electron chi connectivity index (χ1n) is 4.56. The summed E-state index contributed by atoms with van der Waals surface area (Å²) in [6.45, 7) is 6.96. The summed E-state index contributed by atoms with van der Waals surface area (Å²) in [6.07, 6.45) is 7.58. The zero-order valence-corrected chi connectivity index (χ0v) is 8.08. The maximum Gasteiger partial charge on any atom is 0.105 e. The maximum absolute atomic E-state index is 5.40. The minimum absolute atomic E-state index is 0.559. The van der Waals surface area contributed by atoms with Crippen molar-refractivity contribution in [2.45, 2.75) is 19.8 Å². The first kappa shape index (κ1) is 9.90. The third-order valence-corrected chi connectivity index (χ3v) is 1.94. The molecule has 0 atom stereocenters. The summed E-state index contributed by atoms with van der Waals surface area (Å²) in [4.78, 5) is 0. The Bertz CT molecular complexity index is 226. The van der Waals surface area contributed by atoms with E-state index in [4.69, 9.17) is 9.47 Å².